The molecule has 1 amide bonds. The van der Waals surface area contributed by atoms with E-state index in [4.69, 9.17) is 0 Å². The summed E-state index contributed by atoms with van der Waals surface area (Å²) in [4.78, 5) is 12.5. The summed E-state index contributed by atoms with van der Waals surface area (Å²) < 4.78 is 25.1. The van der Waals surface area contributed by atoms with Crippen LogP contribution in [0.5, 0.6) is 0 Å². The van der Waals surface area contributed by atoms with E-state index in [1.165, 1.54) is 6.26 Å². The van der Waals surface area contributed by atoms with E-state index in [1.807, 2.05) is 51.2 Å². The zero-order valence-corrected chi connectivity index (χ0v) is 15.2. The molecule has 0 spiro atoms. The fourth-order valence-electron chi connectivity index (χ4n) is 2.69. The van der Waals surface area contributed by atoms with Gasteiger partial charge >= 0.3 is 0 Å². The smallest absolute Gasteiger partial charge is 0.225 e. The van der Waals surface area contributed by atoms with Crippen molar-refractivity contribution in [3.8, 4) is 0 Å². The molecule has 0 saturated heterocycles. The third kappa shape index (κ3) is 4.67. The van der Waals surface area contributed by atoms with Gasteiger partial charge in [-0.15, -0.1) is 0 Å². The molecule has 1 N–H and O–H groups in total. The highest BCUT2D eigenvalue weighted by Gasteiger charge is 2.21. The van der Waals surface area contributed by atoms with Crippen LogP contribution in [0.2, 0.25) is 0 Å². The van der Waals surface area contributed by atoms with Crippen molar-refractivity contribution in [2.24, 2.45) is 7.05 Å². The summed E-state index contributed by atoms with van der Waals surface area (Å²) in [6.45, 7) is 3.77. The quantitative estimate of drug-likeness (QED) is 0.856. The number of carbonyl (C=O) groups excluding carboxylic acids is 1. The van der Waals surface area contributed by atoms with Crippen LogP contribution < -0.4 is 5.32 Å². The van der Waals surface area contributed by atoms with Gasteiger partial charge in [0.25, 0.3) is 0 Å². The normalized spacial score (nSPS) is 12.8. The first kappa shape index (κ1) is 18.2. The SMILES string of the molecule is Cc1nn(C)c(C)c1CC(=O)N[C@@H](CS(C)(=O)=O)c1ccccc1. The molecule has 24 heavy (non-hydrogen) atoms. The molecule has 1 aromatic carbocycles. The van der Waals surface area contributed by atoms with Gasteiger partial charge in [-0.25, -0.2) is 8.42 Å². The number of hydrogen-bond donors (Lipinski definition) is 1. The summed E-state index contributed by atoms with van der Waals surface area (Å²) in [6.07, 6.45) is 1.35. The molecule has 130 valence electrons. The maximum Gasteiger partial charge on any atom is 0.225 e. The predicted octanol–water partition coefficient (Wildman–Crippen LogP) is 1.48. The Balaban J connectivity index is 2.18. The van der Waals surface area contributed by atoms with Gasteiger partial charge in [-0.2, -0.15) is 5.10 Å². The number of benzene rings is 1. The zero-order valence-electron chi connectivity index (χ0n) is 14.4. The number of nitrogens with one attached hydrogen (secondary N) is 1. The summed E-state index contributed by atoms with van der Waals surface area (Å²) in [6, 6.07) is 8.57. The van der Waals surface area contributed by atoms with E-state index < -0.39 is 15.9 Å². The minimum atomic E-state index is -3.23. The number of amides is 1. The number of sulfone groups is 1. The lowest BCUT2D eigenvalue weighted by Crippen LogP contribution is -2.34. The Bertz CT molecular complexity index is 826. The molecule has 1 heterocycles. The maximum atomic E-state index is 12.5. The molecular formula is C17H23N3O3S. The van der Waals surface area contributed by atoms with Gasteiger partial charge in [0.2, 0.25) is 5.91 Å². The Labute approximate surface area is 142 Å². The lowest BCUT2D eigenvalue weighted by atomic mass is 10.1. The van der Waals surface area contributed by atoms with Crippen molar-refractivity contribution in [2.75, 3.05) is 12.0 Å². The molecule has 0 aliphatic heterocycles. The summed E-state index contributed by atoms with van der Waals surface area (Å²) >= 11 is 0. The average molecular weight is 349 g/mol. The standard InChI is InChI=1S/C17H23N3O3S/c1-12-15(13(2)20(3)19-12)10-17(21)18-16(11-24(4,22)23)14-8-6-5-7-9-14/h5-9,16H,10-11H2,1-4H3,(H,18,21)/t16-/m0/s1. The second kappa shape index (κ2) is 7.17. The van der Waals surface area contributed by atoms with E-state index in [1.54, 1.807) is 4.68 Å². The van der Waals surface area contributed by atoms with Gasteiger partial charge < -0.3 is 5.32 Å². The van der Waals surface area contributed by atoms with E-state index in [9.17, 15) is 13.2 Å². The minimum Gasteiger partial charge on any atom is -0.348 e. The second-order valence-electron chi connectivity index (χ2n) is 6.07. The maximum absolute atomic E-state index is 12.5. The number of nitrogens with zero attached hydrogens (tertiary/aromatic N) is 2. The zero-order chi connectivity index (χ0) is 17.9. The number of hydrogen-bond acceptors (Lipinski definition) is 4. The Kier molecular flexibility index (Phi) is 5.43. The second-order valence-corrected chi connectivity index (χ2v) is 8.26. The van der Waals surface area contributed by atoms with Gasteiger partial charge in [-0.3, -0.25) is 9.48 Å². The highest BCUT2D eigenvalue weighted by molar-refractivity contribution is 7.90. The van der Waals surface area contributed by atoms with Crippen molar-refractivity contribution in [2.45, 2.75) is 26.3 Å². The van der Waals surface area contributed by atoms with Crippen LogP contribution in [-0.2, 0) is 28.1 Å². The van der Waals surface area contributed by atoms with Gasteiger partial charge in [0, 0.05) is 24.6 Å². The van der Waals surface area contributed by atoms with Crippen LogP contribution >= 0.6 is 0 Å². The van der Waals surface area contributed by atoms with Crippen LogP contribution in [0.25, 0.3) is 0 Å². The minimum absolute atomic E-state index is 0.131. The van der Waals surface area contributed by atoms with Gasteiger partial charge in [0.05, 0.1) is 23.9 Å². The van der Waals surface area contributed by atoms with Gasteiger partial charge in [0.1, 0.15) is 9.84 Å². The van der Waals surface area contributed by atoms with Crippen LogP contribution in [0, 0.1) is 13.8 Å². The van der Waals surface area contributed by atoms with Crippen molar-refractivity contribution >= 4 is 15.7 Å². The first-order valence-corrected chi connectivity index (χ1v) is 9.74. The summed E-state index contributed by atoms with van der Waals surface area (Å²) in [7, 11) is -1.40. The van der Waals surface area contributed by atoms with Crippen molar-refractivity contribution in [3.63, 3.8) is 0 Å². The molecule has 0 fully saturated rings. The topological polar surface area (TPSA) is 81.1 Å². The average Bonchev–Trinajstić information content (AvgIpc) is 2.72. The largest absolute Gasteiger partial charge is 0.348 e. The number of aryl methyl sites for hydroxylation is 2. The van der Waals surface area contributed by atoms with Crippen molar-refractivity contribution in [1.29, 1.82) is 0 Å². The Morgan fingerprint density at radius 1 is 1.25 bits per heavy atom. The first-order valence-electron chi connectivity index (χ1n) is 7.68. The van der Waals surface area contributed by atoms with Crippen LogP contribution in [0.1, 0.15) is 28.6 Å². The third-order valence-corrected chi connectivity index (χ3v) is 4.94. The number of carbonyl (C=O) groups is 1. The van der Waals surface area contributed by atoms with Crippen molar-refractivity contribution in [1.82, 2.24) is 15.1 Å². The fraction of sp³-hybridized carbons (Fsp3) is 0.412. The van der Waals surface area contributed by atoms with E-state index in [0.29, 0.717) is 0 Å². The molecule has 7 heteroatoms. The molecule has 0 saturated carbocycles. The van der Waals surface area contributed by atoms with E-state index in [0.717, 1.165) is 22.5 Å². The fourth-order valence-corrected chi connectivity index (χ4v) is 3.57. The Hall–Kier alpha value is -2.15. The molecular weight excluding hydrogens is 326 g/mol. The summed E-state index contributed by atoms with van der Waals surface area (Å²) in [5, 5.41) is 7.15. The van der Waals surface area contributed by atoms with Crippen LogP contribution in [-0.4, -0.2) is 36.1 Å². The van der Waals surface area contributed by atoms with Crippen LogP contribution in [0.15, 0.2) is 30.3 Å². The number of rotatable bonds is 6. The Morgan fingerprint density at radius 3 is 2.38 bits per heavy atom. The van der Waals surface area contributed by atoms with E-state index in [-0.39, 0.29) is 18.1 Å². The Morgan fingerprint density at radius 2 is 1.88 bits per heavy atom. The summed E-state index contributed by atoms with van der Waals surface area (Å²) in [5.41, 5.74) is 3.39. The lowest BCUT2D eigenvalue weighted by molar-refractivity contribution is -0.121. The van der Waals surface area contributed by atoms with Gasteiger partial charge in [0.15, 0.2) is 0 Å². The molecule has 2 rings (SSSR count). The highest BCUT2D eigenvalue weighted by Crippen LogP contribution is 2.17. The van der Waals surface area contributed by atoms with Crippen LogP contribution in [0.4, 0.5) is 0 Å². The van der Waals surface area contributed by atoms with E-state index in [2.05, 4.69) is 10.4 Å². The highest BCUT2D eigenvalue weighted by atomic mass is 32.2. The monoisotopic (exact) mass is 349 g/mol. The predicted molar refractivity (Wildman–Crippen MR) is 93.4 cm³/mol. The molecule has 0 radical (unpaired) electrons. The molecule has 0 bridgehead atoms. The van der Waals surface area contributed by atoms with Gasteiger partial charge in [-0.05, 0) is 19.4 Å². The molecule has 1 atom stereocenters. The summed E-state index contributed by atoms with van der Waals surface area (Å²) in [5.74, 6) is -0.347. The number of aromatic nitrogens is 2. The molecule has 0 aliphatic rings. The molecule has 2 aromatic rings. The van der Waals surface area contributed by atoms with E-state index >= 15 is 0 Å². The van der Waals surface area contributed by atoms with Crippen molar-refractivity contribution in [3.05, 3.63) is 52.8 Å². The third-order valence-electron chi connectivity index (χ3n) is 4.00. The van der Waals surface area contributed by atoms with Gasteiger partial charge in [-0.1, -0.05) is 30.3 Å². The first-order chi connectivity index (χ1) is 11.2. The molecule has 0 aliphatic carbocycles. The van der Waals surface area contributed by atoms with Crippen molar-refractivity contribution < 1.29 is 13.2 Å². The van der Waals surface area contributed by atoms with Crippen LogP contribution in [0.3, 0.4) is 0 Å². The molecule has 0 unspecified atom stereocenters. The molecule has 1 aromatic heterocycles. The molecule has 6 nitrogen and oxygen atoms in total. The lowest BCUT2D eigenvalue weighted by Gasteiger charge is -2.18.